The van der Waals surface area contributed by atoms with Crippen LogP contribution < -0.4 is 19.5 Å². The van der Waals surface area contributed by atoms with E-state index in [1.165, 1.54) is 0 Å². The van der Waals surface area contributed by atoms with Gasteiger partial charge in [-0.25, -0.2) is 0 Å². The van der Waals surface area contributed by atoms with Gasteiger partial charge in [-0.15, -0.1) is 0 Å². The molecular weight excluding hydrogens is 349 g/mol. The van der Waals surface area contributed by atoms with Crippen molar-refractivity contribution in [2.75, 3.05) is 21.3 Å². The topological polar surface area (TPSA) is 39.7 Å². The first-order valence-corrected chi connectivity index (χ1v) is 8.23. The first-order chi connectivity index (χ1) is 11.5. The molecule has 2 aromatic rings. The molecule has 0 radical (unpaired) electrons. The van der Waals surface area contributed by atoms with Crippen LogP contribution in [0.1, 0.15) is 24.1 Å². The molecule has 24 heavy (non-hydrogen) atoms. The van der Waals surface area contributed by atoms with Gasteiger partial charge in [0.2, 0.25) is 0 Å². The summed E-state index contributed by atoms with van der Waals surface area (Å²) < 4.78 is 16.1. The number of ether oxygens (including phenoxy) is 3. The van der Waals surface area contributed by atoms with E-state index in [2.05, 4.69) is 12.2 Å². The summed E-state index contributed by atoms with van der Waals surface area (Å²) in [6.45, 7) is 2.66. The van der Waals surface area contributed by atoms with Crippen LogP contribution in [0.3, 0.4) is 0 Å². The fraction of sp³-hybridized carbons (Fsp3) is 0.333. The Balaban J connectivity index is 2.16. The van der Waals surface area contributed by atoms with E-state index >= 15 is 0 Å². The van der Waals surface area contributed by atoms with Gasteiger partial charge in [-0.3, -0.25) is 0 Å². The Hall–Kier alpha value is -1.62. The first-order valence-electron chi connectivity index (χ1n) is 7.47. The van der Waals surface area contributed by atoms with Gasteiger partial charge in [0.1, 0.15) is 5.75 Å². The van der Waals surface area contributed by atoms with Crippen molar-refractivity contribution in [3.05, 3.63) is 51.5 Å². The second kappa shape index (κ2) is 8.47. The lowest BCUT2D eigenvalue weighted by atomic mass is 10.1. The maximum absolute atomic E-state index is 6.09. The van der Waals surface area contributed by atoms with Crippen LogP contribution in [0.15, 0.2) is 30.3 Å². The van der Waals surface area contributed by atoms with E-state index in [-0.39, 0.29) is 6.04 Å². The Kier molecular flexibility index (Phi) is 6.60. The fourth-order valence-electron chi connectivity index (χ4n) is 2.39. The maximum Gasteiger partial charge on any atom is 0.164 e. The monoisotopic (exact) mass is 369 g/mol. The third kappa shape index (κ3) is 4.26. The molecule has 0 heterocycles. The van der Waals surface area contributed by atoms with E-state index in [1.54, 1.807) is 27.4 Å². The van der Waals surface area contributed by atoms with Crippen molar-refractivity contribution in [1.29, 1.82) is 0 Å². The van der Waals surface area contributed by atoms with Crippen molar-refractivity contribution in [1.82, 2.24) is 5.32 Å². The molecule has 0 aliphatic heterocycles. The van der Waals surface area contributed by atoms with Gasteiger partial charge >= 0.3 is 0 Å². The smallest absolute Gasteiger partial charge is 0.164 e. The van der Waals surface area contributed by atoms with Gasteiger partial charge in [-0.1, -0.05) is 29.3 Å². The lowest BCUT2D eigenvalue weighted by molar-refractivity contribution is 0.346. The van der Waals surface area contributed by atoms with Gasteiger partial charge < -0.3 is 19.5 Å². The highest BCUT2D eigenvalue weighted by Crippen LogP contribution is 2.35. The van der Waals surface area contributed by atoms with Crippen LogP contribution in [0.25, 0.3) is 0 Å². The van der Waals surface area contributed by atoms with E-state index in [4.69, 9.17) is 37.4 Å². The summed E-state index contributed by atoms with van der Waals surface area (Å²) in [6, 6.07) is 9.45. The maximum atomic E-state index is 6.09. The van der Waals surface area contributed by atoms with Crippen LogP contribution in [-0.4, -0.2) is 21.3 Å². The van der Waals surface area contributed by atoms with Gasteiger partial charge in [0.25, 0.3) is 0 Å². The zero-order chi connectivity index (χ0) is 17.7. The number of benzene rings is 2. The van der Waals surface area contributed by atoms with E-state index < -0.39 is 0 Å². The predicted octanol–water partition coefficient (Wildman–Crippen LogP) is 4.87. The molecule has 2 aromatic carbocycles. The summed E-state index contributed by atoms with van der Waals surface area (Å²) in [4.78, 5) is 0. The highest BCUT2D eigenvalue weighted by Gasteiger charge is 2.13. The van der Waals surface area contributed by atoms with Crippen molar-refractivity contribution in [3.8, 4) is 17.2 Å². The summed E-state index contributed by atoms with van der Waals surface area (Å²) in [5, 5.41) is 4.55. The van der Waals surface area contributed by atoms with Crippen LogP contribution in [0.2, 0.25) is 10.0 Å². The predicted molar refractivity (Wildman–Crippen MR) is 97.8 cm³/mol. The Labute approximate surface area is 152 Å². The lowest BCUT2D eigenvalue weighted by Crippen LogP contribution is -2.18. The molecule has 0 unspecified atom stereocenters. The standard InChI is InChI=1S/C18H21Cl2NO3/c1-11(12-5-6-14(19)15(20)7-12)21-10-13-8-17(23-3)18(24-4)9-16(13)22-2/h5-9,11,21H,10H2,1-4H3/t11-/m1/s1. The molecule has 0 aromatic heterocycles. The quantitative estimate of drug-likeness (QED) is 0.755. The van der Waals surface area contributed by atoms with E-state index in [9.17, 15) is 0 Å². The molecule has 0 spiro atoms. The molecule has 130 valence electrons. The molecule has 4 nitrogen and oxygen atoms in total. The molecule has 0 saturated carbocycles. The molecule has 1 atom stereocenters. The first kappa shape index (κ1) is 18.7. The normalized spacial score (nSPS) is 11.9. The molecule has 0 saturated heterocycles. The van der Waals surface area contributed by atoms with Crippen LogP contribution >= 0.6 is 23.2 Å². The second-order valence-electron chi connectivity index (χ2n) is 5.30. The number of hydrogen-bond acceptors (Lipinski definition) is 4. The van der Waals surface area contributed by atoms with Crippen molar-refractivity contribution < 1.29 is 14.2 Å². The summed E-state index contributed by atoms with van der Waals surface area (Å²) in [5.74, 6) is 2.04. The minimum absolute atomic E-state index is 0.0950. The fourth-order valence-corrected chi connectivity index (χ4v) is 2.70. The van der Waals surface area contributed by atoms with Gasteiger partial charge in [0.15, 0.2) is 11.5 Å². The number of methoxy groups -OCH3 is 3. The van der Waals surface area contributed by atoms with Gasteiger partial charge in [0, 0.05) is 24.2 Å². The number of rotatable bonds is 7. The highest BCUT2D eigenvalue weighted by molar-refractivity contribution is 6.42. The van der Waals surface area contributed by atoms with E-state index in [1.807, 2.05) is 24.3 Å². The molecule has 0 bridgehead atoms. The lowest BCUT2D eigenvalue weighted by Gasteiger charge is -2.18. The Morgan fingerprint density at radius 1 is 0.875 bits per heavy atom. The molecule has 0 aliphatic rings. The summed E-state index contributed by atoms with van der Waals surface area (Å²) in [6.07, 6.45) is 0. The molecule has 0 amide bonds. The van der Waals surface area contributed by atoms with Crippen LogP contribution in [0.5, 0.6) is 17.2 Å². The third-order valence-corrected chi connectivity index (χ3v) is 4.57. The molecule has 2 rings (SSSR count). The van der Waals surface area contributed by atoms with E-state index in [0.29, 0.717) is 28.1 Å². The zero-order valence-corrected chi connectivity index (χ0v) is 15.7. The zero-order valence-electron chi connectivity index (χ0n) is 14.2. The highest BCUT2D eigenvalue weighted by atomic mass is 35.5. The molecular formula is C18H21Cl2NO3. The number of halogens is 2. The minimum atomic E-state index is 0.0950. The average molecular weight is 370 g/mol. The summed E-state index contributed by atoms with van der Waals surface area (Å²) in [7, 11) is 4.84. The molecule has 0 aliphatic carbocycles. The minimum Gasteiger partial charge on any atom is -0.496 e. The number of nitrogens with one attached hydrogen (secondary N) is 1. The van der Waals surface area contributed by atoms with Crippen molar-refractivity contribution in [2.24, 2.45) is 0 Å². The second-order valence-corrected chi connectivity index (χ2v) is 6.11. The van der Waals surface area contributed by atoms with Gasteiger partial charge in [-0.05, 0) is 30.7 Å². The van der Waals surface area contributed by atoms with Crippen LogP contribution in [0, 0.1) is 0 Å². The van der Waals surface area contributed by atoms with Crippen molar-refractivity contribution >= 4 is 23.2 Å². The molecule has 6 heteroatoms. The molecule has 0 fully saturated rings. The van der Waals surface area contributed by atoms with E-state index in [0.717, 1.165) is 16.9 Å². The molecule has 1 N–H and O–H groups in total. The van der Waals surface area contributed by atoms with Crippen LogP contribution in [-0.2, 0) is 6.54 Å². The summed E-state index contributed by atoms with van der Waals surface area (Å²) >= 11 is 12.1. The van der Waals surface area contributed by atoms with Crippen LogP contribution in [0.4, 0.5) is 0 Å². The van der Waals surface area contributed by atoms with Gasteiger partial charge in [0.05, 0.1) is 31.4 Å². The largest absolute Gasteiger partial charge is 0.496 e. The SMILES string of the molecule is COc1cc(OC)c(OC)cc1CN[C@H](C)c1ccc(Cl)c(Cl)c1. The summed E-state index contributed by atoms with van der Waals surface area (Å²) in [5.41, 5.74) is 2.03. The van der Waals surface area contributed by atoms with Crippen molar-refractivity contribution in [3.63, 3.8) is 0 Å². The average Bonchev–Trinajstić information content (AvgIpc) is 2.60. The third-order valence-electron chi connectivity index (χ3n) is 3.83. The van der Waals surface area contributed by atoms with Crippen molar-refractivity contribution in [2.45, 2.75) is 19.5 Å². The van der Waals surface area contributed by atoms with Gasteiger partial charge in [-0.2, -0.15) is 0 Å². The number of hydrogen-bond donors (Lipinski definition) is 1. The Morgan fingerprint density at radius 3 is 2.08 bits per heavy atom. The Bertz CT molecular complexity index is 707. The Morgan fingerprint density at radius 2 is 1.50 bits per heavy atom.